The zero-order valence-electron chi connectivity index (χ0n) is 78.6. The first-order valence-corrected chi connectivity index (χ1v) is 86.9. The van der Waals surface area contributed by atoms with Crippen LogP contribution in [0.4, 0.5) is 0 Å². The third kappa shape index (κ3) is 30.1. The number of halogens is 1. The smallest absolute Gasteiger partial charge is 0.314 e. The normalized spacial score (nSPS) is 15.9. The van der Waals surface area contributed by atoms with Crippen molar-refractivity contribution in [1.29, 1.82) is 0 Å². The molecule has 6 aromatic rings. The molecule has 10 rings (SSSR count). The maximum Gasteiger partial charge on any atom is 0.314 e. The van der Waals surface area contributed by atoms with E-state index in [-0.39, 0.29) is 23.6 Å². The summed E-state index contributed by atoms with van der Waals surface area (Å²) in [6.45, 7) is 64.7. The SMILES string of the molecule is C[Si](C)(C)O[Si](C)(CCCCCN1C(=O)C2=C(c3ccc(-c4ccc(C=O)s4)s3)N(CCCCC[Si](C)(O[Si](C)(C)C)O[Si](C)(C)C)C(=O)C2=C1c1ccc(Br)s1)O[Si](C)(C)C.C[Si](C)(C)O[Si](C)(CCCCCN1C(=O)C2=C(c3ccc(-c4ccc(C=O)s4)s3)N(CCCCC[Si](C)(O[Si](C)(C)C)O[Si](C)(C)C)C(=O)C2=C1c1cccs1)O[Si](C)(C)C. The third-order valence-corrected chi connectivity index (χ3v) is 65.4. The summed E-state index contributed by atoms with van der Waals surface area (Å²) in [7, 11) is -24.0. The Kier molecular flexibility index (Phi) is 35.4. The number of amides is 4. The summed E-state index contributed by atoms with van der Waals surface area (Å²) in [6.07, 6.45) is 12.5. The van der Waals surface area contributed by atoms with E-state index in [9.17, 15) is 28.8 Å². The number of hydrogen-bond acceptors (Lipinski definition) is 20. The van der Waals surface area contributed by atoms with Gasteiger partial charge in [-0.25, -0.2) is 0 Å². The van der Waals surface area contributed by atoms with Crippen molar-refractivity contribution in [2.45, 2.75) is 285 Å². The van der Waals surface area contributed by atoms with Crippen molar-refractivity contribution in [2.75, 3.05) is 26.2 Å². The first-order chi connectivity index (χ1) is 56.8. The van der Waals surface area contributed by atoms with Crippen molar-refractivity contribution in [2.24, 2.45) is 0 Å². The molecule has 0 bridgehead atoms. The second kappa shape index (κ2) is 41.9. The maximum atomic E-state index is 15.0. The van der Waals surface area contributed by atoms with Gasteiger partial charge in [-0.2, -0.15) is 0 Å². The lowest BCUT2D eigenvalue weighted by Crippen LogP contribution is -2.52. The van der Waals surface area contributed by atoms with E-state index >= 15 is 0 Å². The summed E-state index contributed by atoms with van der Waals surface area (Å²) in [5.41, 5.74) is 4.91. The lowest BCUT2D eigenvalue weighted by Gasteiger charge is -2.38. The number of unbranched alkanes of at least 4 members (excludes halogenated alkanes) is 8. The summed E-state index contributed by atoms with van der Waals surface area (Å²) >= 11 is 12.8. The highest BCUT2D eigenvalue weighted by molar-refractivity contribution is 9.11. The van der Waals surface area contributed by atoms with Crippen molar-refractivity contribution < 1.29 is 61.7 Å². The van der Waals surface area contributed by atoms with Crippen LogP contribution < -0.4 is 0 Å². The second-order valence-electron chi connectivity index (χ2n) is 41.3. The Hall–Kier alpha value is -2.86. The summed E-state index contributed by atoms with van der Waals surface area (Å²) in [6, 6.07) is 27.5. The van der Waals surface area contributed by atoms with E-state index in [0.717, 1.165) is 162 Å². The molecule has 0 spiro atoms. The van der Waals surface area contributed by atoms with Gasteiger partial charge in [-0.05, 0) is 321 Å². The lowest BCUT2D eigenvalue weighted by molar-refractivity contribution is -0.124. The van der Waals surface area contributed by atoms with Crippen LogP contribution in [0.1, 0.15) is 116 Å². The van der Waals surface area contributed by atoms with Gasteiger partial charge in [-0.1, -0.05) is 57.4 Å². The Morgan fingerprint density at radius 1 is 0.276 bits per heavy atom. The van der Waals surface area contributed by atoms with Gasteiger partial charge in [0.15, 0.2) is 79.1 Å². The molecular formula is C86H139BrN4O14S6Si12. The lowest BCUT2D eigenvalue weighted by atomic mass is 10.1. The summed E-state index contributed by atoms with van der Waals surface area (Å²) < 4.78 is 55.2. The standard InChI is InChI=1S/C43H69BrN2O7S3Si6.C43H70N2O7S3Si6/c1-57(2,3)50-61(13,51-58(4,5)6)29-19-15-17-27-45-40(35-24-23-34(55-35)33-22-21-32(31-47)54-33)38-39(43(45)49)41(36-25-26-37(44)56-36)46(42(38)48)28-18-16-20-30-62(14,52-59(7,8)9)53-60(10,11)12;1-56(2,3)49-60(13,50-57(4,5)6)30-19-15-17-27-44-40(36-22-21-29-53-36)38-39(43(44)48)41(37-26-25-35(55-37)34-24-23-33(32-46)54-34)45(42(38)47)28-18-16-20-31-61(14,51-58(7,8)9)52-59(10,11)12/h21-26,31H,15-20,27-30H2,1-14H3;21-26,29,32H,15-20,27-28,30-31H2,1-14H3. The van der Waals surface area contributed by atoms with Gasteiger partial charge in [0.2, 0.25) is 0 Å². The van der Waals surface area contributed by atoms with E-state index in [1.807, 2.05) is 97.8 Å². The van der Waals surface area contributed by atoms with Crippen molar-refractivity contribution in [3.63, 3.8) is 0 Å². The van der Waals surface area contributed by atoms with Gasteiger partial charge in [0.25, 0.3) is 23.6 Å². The number of nitrogens with zero attached hydrogens (tertiary/aromatic N) is 4. The summed E-state index contributed by atoms with van der Waals surface area (Å²) in [4.78, 5) is 99.3. The van der Waals surface area contributed by atoms with E-state index in [0.29, 0.717) is 75.3 Å². The molecule has 0 N–H and O–H groups in total. The van der Waals surface area contributed by atoms with E-state index in [1.54, 1.807) is 45.3 Å². The topological polar surface area (TPSA) is 189 Å². The average Bonchev–Trinajstić information content (AvgIpc) is 1.56. The van der Waals surface area contributed by atoms with E-state index in [2.05, 4.69) is 199 Å². The molecule has 37 heteroatoms. The molecule has 4 aliphatic heterocycles. The third-order valence-electron chi connectivity index (χ3n) is 19.8. The van der Waals surface area contributed by atoms with E-state index in [4.69, 9.17) is 32.9 Å². The molecule has 18 nitrogen and oxygen atoms in total. The molecule has 0 unspecified atom stereocenters. The van der Waals surface area contributed by atoms with Crippen LogP contribution >= 0.6 is 84.0 Å². The zero-order chi connectivity index (χ0) is 91.2. The molecule has 4 amide bonds. The van der Waals surface area contributed by atoms with Gasteiger partial charge < -0.3 is 52.5 Å². The van der Waals surface area contributed by atoms with Crippen molar-refractivity contribution >= 4 is 244 Å². The van der Waals surface area contributed by atoms with Crippen LogP contribution in [-0.2, 0) is 52.1 Å². The van der Waals surface area contributed by atoms with Crippen molar-refractivity contribution in [3.8, 4) is 19.5 Å². The maximum absolute atomic E-state index is 15.0. The number of carbonyl (C=O) groups excluding carboxylic acids is 6. The molecule has 123 heavy (non-hydrogen) atoms. The number of hydrogen-bond donors (Lipinski definition) is 0. The predicted octanol–water partition coefficient (Wildman–Crippen LogP) is 26.9. The molecule has 0 radical (unpaired) electrons. The molecule has 0 aromatic carbocycles. The van der Waals surface area contributed by atoms with Crippen LogP contribution in [0.25, 0.3) is 42.3 Å². The van der Waals surface area contributed by atoms with Gasteiger partial charge in [-0.15, -0.1) is 68.0 Å². The fourth-order valence-electron chi connectivity index (χ4n) is 17.1. The quantitative estimate of drug-likeness (QED) is 0.0199. The van der Waals surface area contributed by atoms with Crippen molar-refractivity contribution in [3.05, 3.63) is 134 Å². The van der Waals surface area contributed by atoms with E-state index < -0.39 is 101 Å². The monoisotopic (exact) mass is 2060 g/mol. The molecule has 4 aliphatic rings. The van der Waals surface area contributed by atoms with E-state index in [1.165, 1.54) is 22.7 Å². The second-order valence-corrected chi connectivity index (χ2v) is 100. The highest BCUT2D eigenvalue weighted by Gasteiger charge is 2.53. The Morgan fingerprint density at radius 3 is 0.724 bits per heavy atom. The van der Waals surface area contributed by atoms with Crippen LogP contribution in [0.15, 0.2) is 104 Å². The van der Waals surface area contributed by atoms with Crippen LogP contribution in [0, 0.1) is 0 Å². The van der Waals surface area contributed by atoms with Gasteiger partial charge >= 0.3 is 34.2 Å². The first-order valence-electron chi connectivity index (χ1n) is 43.8. The summed E-state index contributed by atoms with van der Waals surface area (Å²) in [5.74, 6) is -0.431. The minimum atomic E-state index is -2.39. The molecule has 0 saturated heterocycles. The zero-order valence-corrected chi connectivity index (χ0v) is 97.1. The minimum absolute atomic E-state index is 0.101. The van der Waals surface area contributed by atoms with Gasteiger partial charge in [0.05, 0.1) is 78.1 Å². The highest BCUT2D eigenvalue weighted by atomic mass is 79.9. The van der Waals surface area contributed by atoms with Crippen LogP contribution in [-0.4, -0.2) is 183 Å². The van der Waals surface area contributed by atoms with Gasteiger partial charge in [-0.3, -0.25) is 28.8 Å². The Morgan fingerprint density at radius 2 is 0.504 bits per heavy atom. The average molecular weight is 2060 g/mol. The van der Waals surface area contributed by atoms with Crippen LogP contribution in [0.2, 0.25) is 207 Å². The highest BCUT2D eigenvalue weighted by Crippen LogP contribution is 2.53. The van der Waals surface area contributed by atoms with Gasteiger partial charge in [0, 0.05) is 45.7 Å². The molecule has 10 heterocycles. The van der Waals surface area contributed by atoms with Gasteiger partial charge in [0.1, 0.15) is 0 Å². The Balaban J connectivity index is 0.000000279. The Labute approximate surface area is 781 Å². The number of thiophene rings is 6. The molecule has 0 fully saturated rings. The Bertz CT molecular complexity index is 4780. The summed E-state index contributed by atoms with van der Waals surface area (Å²) in [5, 5.41) is 2.02. The molecular weight excluding hydrogens is 1920 g/mol. The first kappa shape index (κ1) is 104. The largest absolute Gasteiger partial charge is 0.437 e. The number of aldehydes is 2. The predicted molar refractivity (Wildman–Crippen MR) is 553 cm³/mol. The molecule has 0 saturated carbocycles. The van der Waals surface area contributed by atoms with Crippen molar-refractivity contribution in [1.82, 2.24) is 19.6 Å². The van der Waals surface area contributed by atoms with Crippen LogP contribution in [0.5, 0.6) is 0 Å². The number of carbonyl (C=O) groups is 6. The molecule has 0 aliphatic carbocycles. The van der Waals surface area contributed by atoms with Crippen LogP contribution in [0.3, 0.4) is 0 Å². The number of rotatable bonds is 48. The fourth-order valence-corrected chi connectivity index (χ4v) is 73.7. The molecule has 6 aromatic heterocycles. The minimum Gasteiger partial charge on any atom is -0.437 e. The fraction of sp³-hybridized carbons (Fsp3) is 0.558. The molecule has 678 valence electrons. The number of fused-ring (bicyclic) bond motifs is 2. The molecule has 0 atom stereocenters.